The number of benzene rings is 4. The van der Waals surface area contributed by atoms with Crippen LogP contribution in [-0.2, 0) is 6.42 Å². The molecule has 0 saturated heterocycles. The molecule has 6 heteroatoms. The van der Waals surface area contributed by atoms with E-state index in [0.717, 1.165) is 24.1 Å². The molecule has 196 valence electrons. The van der Waals surface area contributed by atoms with Crippen LogP contribution >= 0.6 is 0 Å². The van der Waals surface area contributed by atoms with Crippen LogP contribution < -0.4 is 4.74 Å². The molecule has 0 atom stereocenters. The normalized spacial score (nSPS) is 11.0. The monoisotopic (exact) mass is 522 g/mol. The summed E-state index contributed by atoms with van der Waals surface area (Å²) in [5, 5.41) is 0.806. The Hall–Kier alpha value is -3.85. The molecule has 4 aromatic carbocycles. The Labute approximate surface area is 219 Å². The summed E-state index contributed by atoms with van der Waals surface area (Å²) in [4.78, 5) is 0. The zero-order chi connectivity index (χ0) is 27.1. The minimum absolute atomic E-state index is 0.0665. The number of rotatable bonds is 9. The van der Waals surface area contributed by atoms with Crippen molar-refractivity contribution in [3.8, 4) is 28.7 Å². The molecule has 0 fully saturated rings. The third-order valence-electron chi connectivity index (χ3n) is 6.34. The second kappa shape index (κ2) is 12.6. The van der Waals surface area contributed by atoms with Crippen LogP contribution in [0.1, 0.15) is 55.7 Å². The molecule has 0 aliphatic carbocycles. The van der Waals surface area contributed by atoms with Crippen molar-refractivity contribution in [1.29, 1.82) is 0 Å². The van der Waals surface area contributed by atoms with Crippen LogP contribution in [0, 0.1) is 29.3 Å². The maximum atomic E-state index is 15.3. The van der Waals surface area contributed by atoms with Gasteiger partial charge >= 0.3 is 6.61 Å². The number of unbranched alkanes of at least 4 members (excludes halogenated alkanes) is 4. The first-order valence-corrected chi connectivity index (χ1v) is 12.6. The lowest BCUT2D eigenvalue weighted by atomic mass is 9.98. The molecule has 4 rings (SSSR count). The molecule has 0 saturated carbocycles. The first-order valence-electron chi connectivity index (χ1n) is 12.6. The molecule has 0 N–H and O–H groups in total. The van der Waals surface area contributed by atoms with E-state index in [1.807, 2.05) is 12.1 Å². The van der Waals surface area contributed by atoms with Crippen molar-refractivity contribution < 1.29 is 26.7 Å². The molecular formula is C32H27F5O. The van der Waals surface area contributed by atoms with E-state index >= 15 is 4.39 Å². The standard InChI is InChI=1S/C32H27F5O/c1-2-3-4-5-6-7-21-8-10-22(11-9-21)12-13-23-14-16-26-24(18-23)15-17-27(30(26)35)25-19-28(33)31(29(34)20-25)38-32(36)37/h8-11,14-20,32H,2-7H2,1H3. The number of hydrogen-bond donors (Lipinski definition) is 0. The number of aryl methyl sites for hydroxylation is 1. The van der Waals surface area contributed by atoms with Crippen molar-refractivity contribution in [3.05, 3.63) is 101 Å². The van der Waals surface area contributed by atoms with Crippen LogP contribution in [-0.4, -0.2) is 6.61 Å². The van der Waals surface area contributed by atoms with Gasteiger partial charge < -0.3 is 4.74 Å². The number of hydrogen-bond acceptors (Lipinski definition) is 1. The largest absolute Gasteiger partial charge is 0.429 e. The van der Waals surface area contributed by atoms with Gasteiger partial charge in [-0.3, -0.25) is 0 Å². The van der Waals surface area contributed by atoms with Crippen molar-refractivity contribution in [2.24, 2.45) is 0 Å². The smallest absolute Gasteiger partial charge is 0.387 e. The summed E-state index contributed by atoms with van der Waals surface area (Å²) < 4.78 is 72.2. The molecule has 0 aliphatic heterocycles. The van der Waals surface area contributed by atoms with E-state index in [1.54, 1.807) is 24.3 Å². The fourth-order valence-electron chi connectivity index (χ4n) is 4.34. The van der Waals surface area contributed by atoms with Crippen LogP contribution in [0.5, 0.6) is 5.75 Å². The highest BCUT2D eigenvalue weighted by Gasteiger charge is 2.19. The summed E-state index contributed by atoms with van der Waals surface area (Å²) >= 11 is 0. The minimum atomic E-state index is -3.39. The molecule has 1 nitrogen and oxygen atoms in total. The van der Waals surface area contributed by atoms with Gasteiger partial charge in [0.05, 0.1) is 0 Å². The molecule has 0 amide bonds. The van der Waals surface area contributed by atoms with Gasteiger partial charge in [0.2, 0.25) is 0 Å². The Balaban J connectivity index is 1.50. The van der Waals surface area contributed by atoms with Crippen molar-refractivity contribution >= 4 is 10.8 Å². The lowest BCUT2D eigenvalue weighted by Crippen LogP contribution is -2.06. The molecule has 38 heavy (non-hydrogen) atoms. The predicted molar refractivity (Wildman–Crippen MR) is 141 cm³/mol. The summed E-state index contributed by atoms with van der Waals surface area (Å²) in [6.07, 6.45) is 7.29. The summed E-state index contributed by atoms with van der Waals surface area (Å²) in [5.74, 6) is 1.65. The molecule has 0 heterocycles. The van der Waals surface area contributed by atoms with Gasteiger partial charge in [-0.15, -0.1) is 0 Å². The van der Waals surface area contributed by atoms with Gasteiger partial charge in [0.25, 0.3) is 0 Å². The van der Waals surface area contributed by atoms with Gasteiger partial charge in [-0.1, -0.05) is 74.8 Å². The lowest BCUT2D eigenvalue weighted by Gasteiger charge is -2.11. The van der Waals surface area contributed by atoms with Gasteiger partial charge in [0.15, 0.2) is 17.4 Å². The quantitative estimate of drug-likeness (QED) is 0.121. The minimum Gasteiger partial charge on any atom is -0.429 e. The molecule has 0 spiro atoms. The maximum Gasteiger partial charge on any atom is 0.387 e. The number of ether oxygens (including phenoxy) is 1. The van der Waals surface area contributed by atoms with E-state index in [0.29, 0.717) is 10.9 Å². The van der Waals surface area contributed by atoms with Crippen molar-refractivity contribution in [1.82, 2.24) is 0 Å². The van der Waals surface area contributed by atoms with Crippen LogP contribution in [0.4, 0.5) is 22.0 Å². The molecule has 0 unspecified atom stereocenters. The first kappa shape index (κ1) is 27.2. The topological polar surface area (TPSA) is 9.23 Å². The zero-order valence-electron chi connectivity index (χ0n) is 21.0. The summed E-state index contributed by atoms with van der Waals surface area (Å²) in [6, 6.07) is 17.7. The fraction of sp³-hybridized carbons (Fsp3) is 0.250. The molecule has 0 bridgehead atoms. The van der Waals surface area contributed by atoms with E-state index in [-0.39, 0.29) is 16.5 Å². The maximum absolute atomic E-state index is 15.3. The predicted octanol–water partition coefficient (Wildman–Crippen LogP) is 9.44. The van der Waals surface area contributed by atoms with Crippen LogP contribution in [0.25, 0.3) is 21.9 Å². The van der Waals surface area contributed by atoms with Gasteiger partial charge in [-0.25, -0.2) is 13.2 Å². The van der Waals surface area contributed by atoms with E-state index < -0.39 is 29.8 Å². The van der Waals surface area contributed by atoms with Crippen LogP contribution in [0.2, 0.25) is 0 Å². The Bertz CT molecular complexity index is 1440. The van der Waals surface area contributed by atoms with Crippen molar-refractivity contribution in [3.63, 3.8) is 0 Å². The lowest BCUT2D eigenvalue weighted by molar-refractivity contribution is -0.0546. The van der Waals surface area contributed by atoms with E-state index in [4.69, 9.17) is 0 Å². The third kappa shape index (κ3) is 6.72. The van der Waals surface area contributed by atoms with E-state index in [9.17, 15) is 17.6 Å². The SMILES string of the molecule is CCCCCCCc1ccc(C#Cc2ccc3c(F)c(-c4cc(F)c(OC(F)F)c(F)c4)ccc3c2)cc1. The average Bonchev–Trinajstić information content (AvgIpc) is 2.90. The Kier molecular flexibility index (Phi) is 9.02. The van der Waals surface area contributed by atoms with Gasteiger partial charge in [0, 0.05) is 22.1 Å². The van der Waals surface area contributed by atoms with Crippen molar-refractivity contribution in [2.75, 3.05) is 0 Å². The summed E-state index contributed by atoms with van der Waals surface area (Å²) in [7, 11) is 0. The molecular weight excluding hydrogens is 495 g/mol. The molecule has 0 radical (unpaired) electrons. The summed E-state index contributed by atoms with van der Waals surface area (Å²) in [6.45, 7) is -1.18. The Morgan fingerprint density at radius 2 is 1.39 bits per heavy atom. The average molecular weight is 523 g/mol. The van der Waals surface area contributed by atoms with Crippen LogP contribution in [0.3, 0.4) is 0 Å². The number of halogens is 5. The number of alkyl halides is 2. The van der Waals surface area contributed by atoms with Gasteiger partial charge in [-0.2, -0.15) is 8.78 Å². The molecule has 0 aliphatic rings. The second-order valence-corrected chi connectivity index (χ2v) is 9.12. The fourth-order valence-corrected chi connectivity index (χ4v) is 4.34. The second-order valence-electron chi connectivity index (χ2n) is 9.12. The summed E-state index contributed by atoms with van der Waals surface area (Å²) in [5.41, 5.74) is 2.66. The van der Waals surface area contributed by atoms with Crippen molar-refractivity contribution in [2.45, 2.75) is 52.1 Å². The zero-order valence-corrected chi connectivity index (χ0v) is 21.0. The highest BCUT2D eigenvalue weighted by Crippen LogP contribution is 2.34. The number of fused-ring (bicyclic) bond motifs is 1. The van der Waals surface area contributed by atoms with E-state index in [1.165, 1.54) is 43.7 Å². The van der Waals surface area contributed by atoms with Gasteiger partial charge in [0.1, 0.15) is 5.82 Å². The first-order chi connectivity index (χ1) is 18.4. The van der Waals surface area contributed by atoms with Crippen LogP contribution in [0.15, 0.2) is 66.7 Å². The highest BCUT2D eigenvalue weighted by molar-refractivity contribution is 5.89. The Morgan fingerprint density at radius 3 is 2.08 bits per heavy atom. The molecule has 0 aromatic heterocycles. The third-order valence-corrected chi connectivity index (χ3v) is 6.34. The highest BCUT2D eigenvalue weighted by atomic mass is 19.3. The van der Waals surface area contributed by atoms with Gasteiger partial charge in [-0.05, 0) is 65.8 Å². The van der Waals surface area contributed by atoms with E-state index in [2.05, 4.69) is 35.6 Å². The molecule has 4 aromatic rings. The Morgan fingerprint density at radius 1 is 0.737 bits per heavy atom.